The lowest BCUT2D eigenvalue weighted by atomic mass is 9.85. The number of likely N-dealkylation sites (tertiary alicyclic amines) is 1. The Kier molecular flexibility index (Phi) is 8.33. The van der Waals surface area contributed by atoms with Crippen molar-refractivity contribution in [1.82, 2.24) is 20.5 Å². The van der Waals surface area contributed by atoms with Gasteiger partial charge in [0.15, 0.2) is 0 Å². The Hall–Kier alpha value is -2.49. The maximum atomic E-state index is 13.3. The van der Waals surface area contributed by atoms with Gasteiger partial charge < -0.3 is 20.6 Å². The van der Waals surface area contributed by atoms with Crippen LogP contribution in [0.2, 0.25) is 0 Å². The van der Waals surface area contributed by atoms with Gasteiger partial charge in [0.05, 0.1) is 22.2 Å². The quantitative estimate of drug-likeness (QED) is 0.499. The maximum Gasteiger partial charge on any atom is 0.246 e. The fourth-order valence-electron chi connectivity index (χ4n) is 3.98. The SMILES string of the molecule is Cc1ncsc1-c1ccc(CNC(=O)C2C[C@@H](O)CN2C(=O)[C@@H](NC(=O)CCl)C(C)(C)C)cc1. The van der Waals surface area contributed by atoms with Crippen molar-refractivity contribution in [3.8, 4) is 10.4 Å². The van der Waals surface area contributed by atoms with Crippen LogP contribution in [0.3, 0.4) is 0 Å². The summed E-state index contributed by atoms with van der Waals surface area (Å²) in [4.78, 5) is 45.0. The molecule has 3 atom stereocenters. The second kappa shape index (κ2) is 10.8. The van der Waals surface area contributed by atoms with Crippen LogP contribution in [0.15, 0.2) is 29.8 Å². The molecule has 1 aromatic heterocycles. The molecule has 1 aliphatic rings. The number of halogens is 1. The molecule has 2 aromatic rings. The molecule has 3 rings (SSSR count). The van der Waals surface area contributed by atoms with E-state index in [-0.39, 0.29) is 24.8 Å². The van der Waals surface area contributed by atoms with E-state index < -0.39 is 35.4 Å². The van der Waals surface area contributed by atoms with E-state index in [1.54, 1.807) is 11.3 Å². The average molecular weight is 507 g/mol. The molecule has 0 saturated carbocycles. The summed E-state index contributed by atoms with van der Waals surface area (Å²) in [6.45, 7) is 7.76. The highest BCUT2D eigenvalue weighted by Crippen LogP contribution is 2.28. The summed E-state index contributed by atoms with van der Waals surface area (Å²) in [6, 6.07) is 6.17. The van der Waals surface area contributed by atoms with Crippen LogP contribution in [-0.4, -0.2) is 63.3 Å². The first-order valence-corrected chi connectivity index (χ1v) is 12.5. The van der Waals surface area contributed by atoms with E-state index in [4.69, 9.17) is 11.6 Å². The van der Waals surface area contributed by atoms with E-state index in [2.05, 4.69) is 15.6 Å². The number of β-amino-alcohol motifs (C(OH)–C–C–N with tert-alkyl or cyclic N) is 1. The summed E-state index contributed by atoms with van der Waals surface area (Å²) in [5.41, 5.74) is 4.17. The number of aliphatic hydroxyl groups is 1. The number of alkyl halides is 1. The molecule has 184 valence electrons. The molecule has 34 heavy (non-hydrogen) atoms. The van der Waals surface area contributed by atoms with E-state index in [0.29, 0.717) is 6.54 Å². The van der Waals surface area contributed by atoms with Crippen LogP contribution < -0.4 is 10.6 Å². The first-order chi connectivity index (χ1) is 16.0. The predicted molar refractivity (Wildman–Crippen MR) is 132 cm³/mol. The standard InChI is InChI=1S/C24H31ClN4O4S/c1-14-20(34-13-27-14)16-7-5-15(6-8-16)11-26-22(32)18-9-17(30)12-29(18)23(33)21(24(2,3)4)28-19(31)10-25/h5-8,13,17-18,21,30H,9-12H2,1-4H3,(H,26,32)(H,28,31)/t17-,18?,21-/m1/s1. The topological polar surface area (TPSA) is 112 Å². The summed E-state index contributed by atoms with van der Waals surface area (Å²) < 4.78 is 0. The van der Waals surface area contributed by atoms with E-state index in [1.807, 2.05) is 57.5 Å². The normalized spacial score (nSPS) is 19.1. The minimum absolute atomic E-state index is 0.0309. The van der Waals surface area contributed by atoms with E-state index in [0.717, 1.165) is 21.7 Å². The number of aryl methyl sites for hydroxylation is 1. The molecule has 1 aromatic carbocycles. The number of nitrogens with one attached hydrogen (secondary N) is 2. The van der Waals surface area contributed by atoms with Crippen LogP contribution in [0, 0.1) is 12.3 Å². The number of nitrogens with zero attached hydrogens (tertiary/aromatic N) is 2. The smallest absolute Gasteiger partial charge is 0.246 e. The van der Waals surface area contributed by atoms with Crippen molar-refractivity contribution in [2.45, 2.75) is 58.8 Å². The molecule has 3 N–H and O–H groups in total. The number of hydrogen-bond donors (Lipinski definition) is 3. The van der Waals surface area contributed by atoms with Gasteiger partial charge in [-0.1, -0.05) is 45.0 Å². The molecule has 1 aliphatic heterocycles. The monoisotopic (exact) mass is 506 g/mol. The number of aliphatic hydroxyl groups excluding tert-OH is 1. The largest absolute Gasteiger partial charge is 0.391 e. The molecule has 8 nitrogen and oxygen atoms in total. The minimum atomic E-state index is -0.873. The number of benzene rings is 1. The number of rotatable bonds is 7. The third kappa shape index (κ3) is 6.14. The summed E-state index contributed by atoms with van der Waals surface area (Å²) >= 11 is 7.19. The molecule has 2 heterocycles. The third-order valence-corrected chi connectivity index (χ3v) is 7.05. The van der Waals surface area contributed by atoms with Gasteiger partial charge in [0.2, 0.25) is 17.7 Å². The van der Waals surface area contributed by atoms with Gasteiger partial charge in [-0.15, -0.1) is 22.9 Å². The van der Waals surface area contributed by atoms with Gasteiger partial charge in [0.1, 0.15) is 18.0 Å². The molecule has 10 heteroatoms. The van der Waals surface area contributed by atoms with Crippen molar-refractivity contribution in [3.05, 3.63) is 41.0 Å². The van der Waals surface area contributed by atoms with Crippen molar-refractivity contribution in [2.75, 3.05) is 12.4 Å². The summed E-state index contributed by atoms with van der Waals surface area (Å²) in [7, 11) is 0. The molecule has 1 fully saturated rings. The Labute approximate surface area is 208 Å². The number of carbonyl (C=O) groups excluding carboxylic acids is 3. The van der Waals surface area contributed by atoms with Crippen LogP contribution in [0.25, 0.3) is 10.4 Å². The zero-order valence-corrected chi connectivity index (χ0v) is 21.4. The lowest BCUT2D eigenvalue weighted by Crippen LogP contribution is -2.58. The van der Waals surface area contributed by atoms with E-state index in [1.165, 1.54) is 4.90 Å². The van der Waals surface area contributed by atoms with Gasteiger partial charge in [-0.25, -0.2) is 4.98 Å². The van der Waals surface area contributed by atoms with Gasteiger partial charge in [0.25, 0.3) is 0 Å². The third-order valence-electron chi connectivity index (χ3n) is 5.83. The minimum Gasteiger partial charge on any atom is -0.391 e. The molecular formula is C24H31ClN4O4S. The summed E-state index contributed by atoms with van der Waals surface area (Å²) in [5, 5.41) is 15.8. The molecule has 0 bridgehead atoms. The molecule has 0 spiro atoms. The van der Waals surface area contributed by atoms with Crippen molar-refractivity contribution in [1.29, 1.82) is 0 Å². The molecule has 3 amide bonds. The molecule has 1 saturated heterocycles. The Bertz CT molecular complexity index is 1030. The zero-order valence-electron chi connectivity index (χ0n) is 19.8. The van der Waals surface area contributed by atoms with E-state index >= 15 is 0 Å². The number of aromatic nitrogens is 1. The van der Waals surface area contributed by atoms with Crippen molar-refractivity contribution in [2.24, 2.45) is 5.41 Å². The second-order valence-electron chi connectivity index (χ2n) is 9.58. The fraction of sp³-hybridized carbons (Fsp3) is 0.500. The molecule has 0 radical (unpaired) electrons. The van der Waals surface area contributed by atoms with Crippen molar-refractivity contribution >= 4 is 40.7 Å². The van der Waals surface area contributed by atoms with E-state index in [9.17, 15) is 19.5 Å². The van der Waals surface area contributed by atoms with Gasteiger partial charge in [-0.3, -0.25) is 14.4 Å². The van der Waals surface area contributed by atoms with Crippen LogP contribution in [-0.2, 0) is 20.9 Å². The number of amides is 3. The molecule has 1 unspecified atom stereocenters. The Morgan fingerprint density at radius 1 is 1.26 bits per heavy atom. The Balaban J connectivity index is 1.67. The average Bonchev–Trinajstić information content (AvgIpc) is 3.40. The first-order valence-electron chi connectivity index (χ1n) is 11.1. The fourth-order valence-corrected chi connectivity index (χ4v) is 4.87. The highest BCUT2D eigenvalue weighted by Gasteiger charge is 2.44. The number of thiazole rings is 1. The van der Waals surface area contributed by atoms with Crippen LogP contribution in [0.5, 0.6) is 0 Å². The van der Waals surface area contributed by atoms with Crippen LogP contribution >= 0.6 is 22.9 Å². The van der Waals surface area contributed by atoms with Crippen molar-refractivity contribution < 1.29 is 19.5 Å². The maximum absolute atomic E-state index is 13.3. The number of carbonyl (C=O) groups is 3. The van der Waals surface area contributed by atoms with Gasteiger partial charge in [-0.05, 0) is 23.5 Å². The first kappa shape index (κ1) is 26.1. The highest BCUT2D eigenvalue weighted by molar-refractivity contribution is 7.13. The van der Waals surface area contributed by atoms with Crippen molar-refractivity contribution in [3.63, 3.8) is 0 Å². The van der Waals surface area contributed by atoms with Crippen LogP contribution in [0.4, 0.5) is 0 Å². The lowest BCUT2D eigenvalue weighted by molar-refractivity contribution is -0.143. The zero-order chi connectivity index (χ0) is 25.0. The number of hydrogen-bond acceptors (Lipinski definition) is 6. The molecule has 0 aliphatic carbocycles. The van der Waals surface area contributed by atoms with Gasteiger partial charge in [0, 0.05) is 19.5 Å². The highest BCUT2D eigenvalue weighted by atomic mass is 35.5. The second-order valence-corrected chi connectivity index (χ2v) is 10.7. The predicted octanol–water partition coefficient (Wildman–Crippen LogP) is 2.47. The Morgan fingerprint density at radius 3 is 2.50 bits per heavy atom. The Morgan fingerprint density at radius 2 is 1.94 bits per heavy atom. The van der Waals surface area contributed by atoms with Gasteiger partial charge in [-0.2, -0.15) is 0 Å². The van der Waals surface area contributed by atoms with Gasteiger partial charge >= 0.3 is 0 Å². The lowest BCUT2D eigenvalue weighted by Gasteiger charge is -2.35. The summed E-state index contributed by atoms with van der Waals surface area (Å²) in [5.74, 6) is -1.49. The molecular weight excluding hydrogens is 476 g/mol. The van der Waals surface area contributed by atoms with Crippen LogP contribution in [0.1, 0.15) is 38.4 Å². The summed E-state index contributed by atoms with van der Waals surface area (Å²) in [6.07, 6.45) is -0.674.